The average molecular weight is 475 g/mol. The zero-order valence-electron chi connectivity index (χ0n) is 25.7. The molecule has 0 heterocycles. The van der Waals surface area contributed by atoms with Crippen LogP contribution in [0.5, 0.6) is 0 Å². The molecule has 1 heteroatoms. The number of hydrogen-bond donors (Lipinski definition) is 0. The van der Waals surface area contributed by atoms with Crippen LogP contribution in [0.4, 0.5) is 0 Å². The summed E-state index contributed by atoms with van der Waals surface area (Å²) in [7, 11) is 5.81. The molecule has 202 valence electrons. The second-order valence-electron chi connectivity index (χ2n) is 13.1. The molecule has 0 aromatic rings. The molecule has 8 unspecified atom stereocenters. The van der Waals surface area contributed by atoms with Gasteiger partial charge in [-0.1, -0.05) is 146 Å². The van der Waals surface area contributed by atoms with Crippen molar-refractivity contribution in [2.45, 2.75) is 159 Å². The van der Waals surface area contributed by atoms with Gasteiger partial charge in [0.05, 0.1) is 7.85 Å². The van der Waals surface area contributed by atoms with Crippen molar-refractivity contribution in [2.24, 2.45) is 53.3 Å². The Kier molecular flexibility index (Phi) is 20.2. The average Bonchev–Trinajstić information content (AvgIpc) is 2.84. The molecule has 2 radical (unpaired) electrons. The highest BCUT2D eigenvalue weighted by molar-refractivity contribution is 6.08. The zero-order valence-corrected chi connectivity index (χ0v) is 25.7. The molecular weight excluding hydrogens is 407 g/mol. The predicted octanol–water partition coefficient (Wildman–Crippen LogP) is 11.4. The van der Waals surface area contributed by atoms with Crippen LogP contribution in [0.25, 0.3) is 0 Å². The summed E-state index contributed by atoms with van der Waals surface area (Å²) < 4.78 is 0. The summed E-state index contributed by atoms with van der Waals surface area (Å²) in [6, 6.07) is 0. The van der Waals surface area contributed by atoms with E-state index in [2.05, 4.69) is 69.2 Å². The van der Waals surface area contributed by atoms with Crippen molar-refractivity contribution in [2.75, 3.05) is 0 Å². The fraction of sp³-hybridized carbons (Fsp3) is 1.00. The van der Waals surface area contributed by atoms with Crippen LogP contribution in [0.3, 0.4) is 0 Å². The van der Waals surface area contributed by atoms with Crippen molar-refractivity contribution >= 4 is 7.85 Å². The minimum atomic E-state index is 0.688. The molecule has 0 rings (SSSR count). The van der Waals surface area contributed by atoms with Crippen molar-refractivity contribution in [1.29, 1.82) is 0 Å². The van der Waals surface area contributed by atoms with Gasteiger partial charge in [0.1, 0.15) is 0 Å². The van der Waals surface area contributed by atoms with Gasteiger partial charge in [-0.05, 0) is 66.6 Å². The monoisotopic (exact) mass is 475 g/mol. The molecule has 9 atom stereocenters. The van der Waals surface area contributed by atoms with Gasteiger partial charge < -0.3 is 0 Å². The molecule has 0 aromatic carbocycles. The lowest BCUT2D eigenvalue weighted by atomic mass is 9.75. The van der Waals surface area contributed by atoms with Crippen molar-refractivity contribution in [1.82, 2.24) is 0 Å². The van der Waals surface area contributed by atoms with Crippen LogP contribution in [0, 0.1) is 53.3 Å². The maximum absolute atomic E-state index is 5.81. The van der Waals surface area contributed by atoms with Crippen LogP contribution in [0.1, 0.15) is 153 Å². The van der Waals surface area contributed by atoms with Crippen LogP contribution < -0.4 is 0 Å². The number of rotatable bonds is 22. The van der Waals surface area contributed by atoms with Crippen LogP contribution >= 0.6 is 0 Å². The maximum atomic E-state index is 5.81. The van der Waals surface area contributed by atoms with Crippen molar-refractivity contribution in [3.8, 4) is 0 Å². The van der Waals surface area contributed by atoms with Gasteiger partial charge >= 0.3 is 0 Å². The Bertz CT molecular complexity index is 446. The van der Waals surface area contributed by atoms with E-state index < -0.39 is 0 Å². The Morgan fingerprint density at radius 2 is 0.941 bits per heavy atom. The molecular formula is C33H67B. The quantitative estimate of drug-likeness (QED) is 0.137. The first-order valence-electron chi connectivity index (χ1n) is 15.8. The fourth-order valence-electron chi connectivity index (χ4n) is 5.86. The molecule has 0 aliphatic heterocycles. The SMILES string of the molecule is [B]CC(C)CCCC(C)C(C)CCC(CC(C)CC)C(C)CCC(CC)C(C)CC[C@H](C)CC. The minimum Gasteiger partial charge on any atom is -0.0862 e. The van der Waals surface area contributed by atoms with E-state index in [0.717, 1.165) is 53.7 Å². The van der Waals surface area contributed by atoms with Gasteiger partial charge in [-0.25, -0.2) is 0 Å². The second-order valence-corrected chi connectivity index (χ2v) is 13.1. The van der Waals surface area contributed by atoms with Crippen molar-refractivity contribution in [3.63, 3.8) is 0 Å². The molecule has 0 N–H and O–H groups in total. The third kappa shape index (κ3) is 15.2. The van der Waals surface area contributed by atoms with E-state index in [4.69, 9.17) is 7.85 Å². The van der Waals surface area contributed by atoms with Crippen LogP contribution in [-0.2, 0) is 0 Å². The van der Waals surface area contributed by atoms with Crippen molar-refractivity contribution in [3.05, 3.63) is 0 Å². The highest BCUT2D eigenvalue weighted by atomic mass is 14.3. The molecule has 0 saturated heterocycles. The van der Waals surface area contributed by atoms with Crippen LogP contribution in [-0.4, -0.2) is 7.85 Å². The minimum absolute atomic E-state index is 0.688. The van der Waals surface area contributed by atoms with E-state index in [-0.39, 0.29) is 0 Å². The maximum Gasteiger partial charge on any atom is 0.0656 e. The molecule has 0 aliphatic carbocycles. The summed E-state index contributed by atoms with van der Waals surface area (Å²) in [5.41, 5.74) is 0. The Balaban J connectivity index is 4.75. The summed E-state index contributed by atoms with van der Waals surface area (Å²) in [6.07, 6.45) is 18.9. The Morgan fingerprint density at radius 3 is 1.50 bits per heavy atom. The molecule has 0 spiro atoms. The molecule has 0 fully saturated rings. The third-order valence-electron chi connectivity index (χ3n) is 10.1. The molecule has 34 heavy (non-hydrogen) atoms. The molecule has 0 nitrogen and oxygen atoms in total. The van der Waals surface area contributed by atoms with Gasteiger partial charge in [-0.3, -0.25) is 0 Å². The summed E-state index contributed by atoms with van der Waals surface area (Å²) in [5, 5.41) is 0. The van der Waals surface area contributed by atoms with Gasteiger partial charge in [-0.15, -0.1) is 0 Å². The van der Waals surface area contributed by atoms with E-state index in [0.29, 0.717) is 5.92 Å². The highest BCUT2D eigenvalue weighted by Crippen LogP contribution is 2.35. The first-order chi connectivity index (χ1) is 16.1. The first-order valence-corrected chi connectivity index (χ1v) is 15.8. The molecule has 0 aliphatic rings. The molecule has 0 amide bonds. The van der Waals surface area contributed by atoms with Crippen LogP contribution in [0.15, 0.2) is 0 Å². The summed E-state index contributed by atoms with van der Waals surface area (Å²) in [4.78, 5) is 0. The Morgan fingerprint density at radius 1 is 0.441 bits per heavy atom. The molecule has 0 bridgehead atoms. The standard InChI is InChI=1S/C33H67B/c1-11-25(4)17-18-30(9)32(13-3)21-20-31(10)33(23-26(5)12-2)22-19-29(8)28(7)16-14-15-27(6)24-34/h25-33H,11-24H2,1-10H3/t25-,26?,27?,28?,29?,30?,31?,32?,33?/m1/s1. The van der Waals surface area contributed by atoms with Gasteiger partial charge in [0.2, 0.25) is 0 Å². The smallest absolute Gasteiger partial charge is 0.0656 e. The van der Waals surface area contributed by atoms with E-state index in [9.17, 15) is 0 Å². The lowest BCUT2D eigenvalue weighted by Crippen LogP contribution is -2.20. The van der Waals surface area contributed by atoms with Gasteiger partial charge in [-0.2, -0.15) is 0 Å². The van der Waals surface area contributed by atoms with Gasteiger partial charge in [0, 0.05) is 0 Å². The van der Waals surface area contributed by atoms with Gasteiger partial charge in [0.15, 0.2) is 0 Å². The topological polar surface area (TPSA) is 0 Å². The lowest BCUT2D eigenvalue weighted by molar-refractivity contribution is 0.201. The lowest BCUT2D eigenvalue weighted by Gasteiger charge is -2.31. The van der Waals surface area contributed by atoms with E-state index >= 15 is 0 Å². The summed E-state index contributed by atoms with van der Waals surface area (Å²) in [6.45, 7) is 24.5. The van der Waals surface area contributed by atoms with E-state index in [1.807, 2.05) is 0 Å². The Labute approximate surface area is 220 Å². The second kappa shape index (κ2) is 20.2. The summed E-state index contributed by atoms with van der Waals surface area (Å²) >= 11 is 0. The Hall–Kier alpha value is 0.0649. The zero-order chi connectivity index (χ0) is 26.1. The van der Waals surface area contributed by atoms with Crippen molar-refractivity contribution < 1.29 is 0 Å². The van der Waals surface area contributed by atoms with E-state index in [1.54, 1.807) is 0 Å². The third-order valence-corrected chi connectivity index (χ3v) is 10.1. The van der Waals surface area contributed by atoms with E-state index in [1.165, 1.54) is 83.5 Å². The van der Waals surface area contributed by atoms with Crippen LogP contribution in [0.2, 0.25) is 6.32 Å². The molecule has 0 aromatic heterocycles. The first kappa shape index (κ1) is 34.1. The van der Waals surface area contributed by atoms with Gasteiger partial charge in [0.25, 0.3) is 0 Å². The fourth-order valence-corrected chi connectivity index (χ4v) is 5.86. The number of hydrogen-bond acceptors (Lipinski definition) is 0. The normalized spacial score (nSPS) is 20.2. The molecule has 0 saturated carbocycles. The predicted molar refractivity (Wildman–Crippen MR) is 159 cm³/mol. The highest BCUT2D eigenvalue weighted by Gasteiger charge is 2.24. The largest absolute Gasteiger partial charge is 0.0862 e. The summed E-state index contributed by atoms with van der Waals surface area (Å²) in [5.74, 6) is 7.75.